The van der Waals surface area contributed by atoms with Gasteiger partial charge < -0.3 is 10.1 Å². The number of pyridine rings is 1. The molecule has 30 heavy (non-hydrogen) atoms. The second-order valence-electron chi connectivity index (χ2n) is 6.38. The number of amides is 1. The zero-order valence-corrected chi connectivity index (χ0v) is 17.4. The van der Waals surface area contributed by atoms with Crippen LogP contribution >= 0.6 is 0 Å². The van der Waals surface area contributed by atoms with E-state index in [1.807, 2.05) is 6.92 Å². The molecule has 3 aromatic rings. The molecule has 0 aliphatic carbocycles. The van der Waals surface area contributed by atoms with Gasteiger partial charge in [-0.25, -0.2) is 8.42 Å². The number of aromatic nitrogens is 1. The molecule has 1 N–H and O–H groups in total. The van der Waals surface area contributed by atoms with E-state index in [0.29, 0.717) is 18.0 Å². The number of carbonyl (C=O) groups is 1. The Balaban J connectivity index is 1.82. The minimum absolute atomic E-state index is 0.0803. The lowest BCUT2D eigenvalue weighted by atomic mass is 10.3. The normalized spacial score (nSPS) is 11.0. The van der Waals surface area contributed by atoms with Gasteiger partial charge in [0.05, 0.1) is 17.2 Å². The Hall–Kier alpha value is -3.39. The molecule has 156 valence electrons. The van der Waals surface area contributed by atoms with Crippen LogP contribution in [0.5, 0.6) is 5.75 Å². The fourth-order valence-corrected chi connectivity index (χ4v) is 4.22. The summed E-state index contributed by atoms with van der Waals surface area (Å²) in [5.74, 6) is 0.169. The zero-order chi connectivity index (χ0) is 21.4. The number of hydrogen-bond donors (Lipinski definition) is 1. The standard InChI is InChI=1S/C22H23N3O4S/c1-2-29-20-8-10-21(11-9-20)30(27,28)25(19-6-4-3-5-7-19)17-22(26)24-16-18-12-14-23-15-13-18/h3-15H,2,16-17H2,1H3,(H,24,26). The second kappa shape index (κ2) is 9.89. The van der Waals surface area contributed by atoms with Gasteiger partial charge in [-0.15, -0.1) is 0 Å². The number of ether oxygens (including phenoxy) is 1. The first-order valence-corrected chi connectivity index (χ1v) is 10.9. The van der Waals surface area contributed by atoms with Gasteiger partial charge in [-0.1, -0.05) is 18.2 Å². The number of para-hydroxylation sites is 1. The number of nitrogens with zero attached hydrogens (tertiary/aromatic N) is 2. The quantitative estimate of drug-likeness (QED) is 0.569. The molecule has 7 nitrogen and oxygen atoms in total. The molecule has 0 aliphatic heterocycles. The molecule has 0 bridgehead atoms. The molecule has 0 aliphatic rings. The third kappa shape index (κ3) is 5.36. The summed E-state index contributed by atoms with van der Waals surface area (Å²) in [6.07, 6.45) is 3.27. The van der Waals surface area contributed by atoms with Gasteiger partial charge in [-0.2, -0.15) is 0 Å². The van der Waals surface area contributed by atoms with Crippen molar-refractivity contribution in [1.29, 1.82) is 0 Å². The van der Waals surface area contributed by atoms with Crippen LogP contribution in [0.4, 0.5) is 5.69 Å². The van der Waals surface area contributed by atoms with Crippen LogP contribution in [0.3, 0.4) is 0 Å². The number of rotatable bonds is 9. The summed E-state index contributed by atoms with van der Waals surface area (Å²) in [5, 5.41) is 2.76. The van der Waals surface area contributed by atoms with Crippen molar-refractivity contribution in [2.45, 2.75) is 18.4 Å². The minimum Gasteiger partial charge on any atom is -0.494 e. The van der Waals surface area contributed by atoms with Crippen molar-refractivity contribution in [3.05, 3.63) is 84.7 Å². The van der Waals surface area contributed by atoms with Crippen LogP contribution in [0.25, 0.3) is 0 Å². The fourth-order valence-electron chi connectivity index (χ4n) is 2.80. The van der Waals surface area contributed by atoms with E-state index in [2.05, 4.69) is 10.3 Å². The Labute approximate surface area is 176 Å². The maximum atomic E-state index is 13.3. The van der Waals surface area contributed by atoms with Gasteiger partial charge in [0.2, 0.25) is 5.91 Å². The van der Waals surface area contributed by atoms with Gasteiger partial charge in [-0.3, -0.25) is 14.1 Å². The first-order valence-electron chi connectivity index (χ1n) is 9.47. The van der Waals surface area contributed by atoms with Crippen LogP contribution in [-0.4, -0.2) is 32.5 Å². The largest absolute Gasteiger partial charge is 0.494 e. The molecular formula is C22H23N3O4S. The lowest BCUT2D eigenvalue weighted by molar-refractivity contribution is -0.119. The van der Waals surface area contributed by atoms with Gasteiger partial charge in [0.1, 0.15) is 12.3 Å². The third-order valence-electron chi connectivity index (χ3n) is 4.29. The molecule has 0 unspecified atom stereocenters. The SMILES string of the molecule is CCOc1ccc(S(=O)(=O)N(CC(=O)NCc2ccncc2)c2ccccc2)cc1. The van der Waals surface area contributed by atoms with Crippen LogP contribution in [0.1, 0.15) is 12.5 Å². The first-order chi connectivity index (χ1) is 14.5. The number of nitrogens with one attached hydrogen (secondary N) is 1. The molecule has 0 fully saturated rings. The van der Waals surface area contributed by atoms with E-state index in [1.54, 1.807) is 67.0 Å². The number of sulfonamides is 1. The Morgan fingerprint density at radius 3 is 2.30 bits per heavy atom. The molecule has 0 radical (unpaired) electrons. The van der Waals surface area contributed by atoms with Crippen molar-refractivity contribution >= 4 is 21.6 Å². The van der Waals surface area contributed by atoms with E-state index < -0.39 is 15.9 Å². The maximum absolute atomic E-state index is 13.3. The van der Waals surface area contributed by atoms with Gasteiger partial charge in [0, 0.05) is 18.9 Å². The molecule has 0 atom stereocenters. The Bertz CT molecular complexity index is 1060. The average molecular weight is 426 g/mol. The fraction of sp³-hybridized carbons (Fsp3) is 0.182. The highest BCUT2D eigenvalue weighted by molar-refractivity contribution is 7.92. The molecule has 8 heteroatoms. The van der Waals surface area contributed by atoms with Gasteiger partial charge in [-0.05, 0) is 61.0 Å². The highest BCUT2D eigenvalue weighted by atomic mass is 32.2. The first kappa shape index (κ1) is 21.3. The van der Waals surface area contributed by atoms with Crippen LogP contribution < -0.4 is 14.4 Å². The topological polar surface area (TPSA) is 88.6 Å². The summed E-state index contributed by atoms with van der Waals surface area (Å²) in [6, 6.07) is 18.3. The Morgan fingerprint density at radius 2 is 1.67 bits per heavy atom. The van der Waals surface area contributed by atoms with Crippen molar-refractivity contribution in [2.24, 2.45) is 0 Å². The number of anilines is 1. The molecule has 2 aromatic carbocycles. The van der Waals surface area contributed by atoms with Crippen molar-refractivity contribution in [3.63, 3.8) is 0 Å². The molecule has 0 spiro atoms. The van der Waals surface area contributed by atoms with E-state index in [0.717, 1.165) is 9.87 Å². The average Bonchev–Trinajstić information content (AvgIpc) is 2.78. The summed E-state index contributed by atoms with van der Waals surface area (Å²) >= 11 is 0. The number of hydrogen-bond acceptors (Lipinski definition) is 5. The monoisotopic (exact) mass is 425 g/mol. The second-order valence-corrected chi connectivity index (χ2v) is 8.25. The molecule has 1 amide bonds. The van der Waals surface area contributed by atoms with Gasteiger partial charge in [0.15, 0.2) is 0 Å². The Kier molecular flexibility index (Phi) is 7.03. The van der Waals surface area contributed by atoms with Crippen LogP contribution in [-0.2, 0) is 21.4 Å². The highest BCUT2D eigenvalue weighted by Gasteiger charge is 2.27. The van der Waals surface area contributed by atoms with E-state index in [9.17, 15) is 13.2 Å². The van der Waals surface area contributed by atoms with Gasteiger partial charge in [0.25, 0.3) is 10.0 Å². The van der Waals surface area contributed by atoms with E-state index in [1.165, 1.54) is 12.1 Å². The van der Waals surface area contributed by atoms with Crippen molar-refractivity contribution < 1.29 is 17.9 Å². The number of carbonyl (C=O) groups excluding carboxylic acids is 1. The summed E-state index contributed by atoms with van der Waals surface area (Å²) in [4.78, 5) is 16.6. The zero-order valence-electron chi connectivity index (χ0n) is 16.6. The van der Waals surface area contributed by atoms with E-state index in [4.69, 9.17) is 4.74 Å². The summed E-state index contributed by atoms with van der Waals surface area (Å²) < 4.78 is 33.1. The molecule has 3 rings (SSSR count). The van der Waals surface area contributed by atoms with E-state index in [-0.39, 0.29) is 18.0 Å². The predicted octanol–water partition coefficient (Wildman–Crippen LogP) is 2.99. The third-order valence-corrected chi connectivity index (χ3v) is 6.08. The van der Waals surface area contributed by atoms with E-state index >= 15 is 0 Å². The molecular weight excluding hydrogens is 402 g/mol. The predicted molar refractivity (Wildman–Crippen MR) is 115 cm³/mol. The Morgan fingerprint density at radius 1 is 1.00 bits per heavy atom. The summed E-state index contributed by atoms with van der Waals surface area (Å²) in [6.45, 7) is 2.28. The number of benzene rings is 2. The molecule has 1 aromatic heterocycles. The van der Waals surface area contributed by atoms with Crippen LogP contribution in [0, 0.1) is 0 Å². The molecule has 0 saturated heterocycles. The molecule has 1 heterocycles. The summed E-state index contributed by atoms with van der Waals surface area (Å²) in [5.41, 5.74) is 1.28. The van der Waals surface area contributed by atoms with Crippen molar-refractivity contribution in [2.75, 3.05) is 17.5 Å². The molecule has 0 saturated carbocycles. The van der Waals surface area contributed by atoms with Crippen molar-refractivity contribution in [3.8, 4) is 5.75 Å². The highest BCUT2D eigenvalue weighted by Crippen LogP contribution is 2.25. The smallest absolute Gasteiger partial charge is 0.264 e. The van der Waals surface area contributed by atoms with Crippen molar-refractivity contribution in [1.82, 2.24) is 10.3 Å². The maximum Gasteiger partial charge on any atom is 0.264 e. The van der Waals surface area contributed by atoms with Gasteiger partial charge >= 0.3 is 0 Å². The lowest BCUT2D eigenvalue weighted by Crippen LogP contribution is -2.40. The van der Waals surface area contributed by atoms with Crippen LogP contribution in [0.15, 0.2) is 84.0 Å². The summed E-state index contributed by atoms with van der Waals surface area (Å²) in [7, 11) is -3.96. The lowest BCUT2D eigenvalue weighted by Gasteiger charge is -2.24. The van der Waals surface area contributed by atoms with Crippen LogP contribution in [0.2, 0.25) is 0 Å². The minimum atomic E-state index is -3.96.